The van der Waals surface area contributed by atoms with Crippen molar-refractivity contribution in [2.75, 3.05) is 0 Å². The van der Waals surface area contributed by atoms with Gasteiger partial charge in [0.15, 0.2) is 0 Å². The van der Waals surface area contributed by atoms with E-state index in [1.165, 1.54) is 24.3 Å². The second kappa shape index (κ2) is 8.96. The lowest BCUT2D eigenvalue weighted by atomic mass is 10.0. The normalized spacial score (nSPS) is 14.1. The molecule has 0 aliphatic heterocycles. The van der Waals surface area contributed by atoms with Gasteiger partial charge in [-0.25, -0.2) is 17.9 Å². The number of hydrogen-bond donors (Lipinski definition) is 3. The molecule has 0 aromatic heterocycles. The summed E-state index contributed by atoms with van der Waals surface area (Å²) in [6.45, 7) is 7.37. The molecule has 0 bridgehead atoms. The molecule has 1 aromatic rings. The summed E-state index contributed by atoms with van der Waals surface area (Å²) in [6.07, 6.45) is 0.971. The molecule has 2 atom stereocenters. The van der Waals surface area contributed by atoms with E-state index in [-0.39, 0.29) is 22.4 Å². The van der Waals surface area contributed by atoms with Crippen LogP contribution in [0.2, 0.25) is 0 Å². The standard InChI is InChI=1S/C17H26N2O5S/c1-5-12(4)19-25(23,24)14-8-6-13(7-9-14)16(20)18-15(17(21)22)10-11(2)3/h6-9,11-12,15,19H,5,10H2,1-4H3,(H,18,20)(H,21,22). The van der Waals surface area contributed by atoms with Crippen molar-refractivity contribution in [1.82, 2.24) is 10.0 Å². The SMILES string of the molecule is CCC(C)NS(=O)(=O)c1ccc(C(=O)NC(CC(C)C)C(=O)O)cc1. The van der Waals surface area contributed by atoms with Gasteiger partial charge in [0.05, 0.1) is 4.90 Å². The summed E-state index contributed by atoms with van der Waals surface area (Å²) in [7, 11) is -3.64. The van der Waals surface area contributed by atoms with E-state index in [1.54, 1.807) is 6.92 Å². The van der Waals surface area contributed by atoms with E-state index in [9.17, 15) is 23.1 Å². The third-order valence-corrected chi connectivity index (χ3v) is 5.31. The van der Waals surface area contributed by atoms with Gasteiger partial charge in [0.25, 0.3) is 5.91 Å². The number of hydrogen-bond acceptors (Lipinski definition) is 4. The van der Waals surface area contributed by atoms with E-state index in [0.717, 1.165) is 0 Å². The smallest absolute Gasteiger partial charge is 0.326 e. The number of carbonyl (C=O) groups excluding carboxylic acids is 1. The summed E-state index contributed by atoms with van der Waals surface area (Å²) >= 11 is 0. The first kappa shape index (κ1) is 21.1. The van der Waals surface area contributed by atoms with Crippen LogP contribution >= 0.6 is 0 Å². The molecule has 2 unspecified atom stereocenters. The van der Waals surface area contributed by atoms with E-state index in [4.69, 9.17) is 0 Å². The van der Waals surface area contributed by atoms with Gasteiger partial charge in [0.1, 0.15) is 6.04 Å². The molecule has 25 heavy (non-hydrogen) atoms. The highest BCUT2D eigenvalue weighted by Crippen LogP contribution is 2.13. The fraction of sp³-hybridized carbons (Fsp3) is 0.529. The van der Waals surface area contributed by atoms with E-state index >= 15 is 0 Å². The highest BCUT2D eigenvalue weighted by atomic mass is 32.2. The van der Waals surface area contributed by atoms with Crippen LogP contribution in [0.4, 0.5) is 0 Å². The summed E-state index contributed by atoms with van der Waals surface area (Å²) in [5.74, 6) is -1.54. The topological polar surface area (TPSA) is 113 Å². The molecule has 1 amide bonds. The number of aliphatic carboxylic acids is 1. The van der Waals surface area contributed by atoms with Crippen molar-refractivity contribution in [2.45, 2.75) is 57.5 Å². The maximum atomic E-state index is 12.2. The molecule has 0 saturated carbocycles. The Morgan fingerprint density at radius 2 is 1.68 bits per heavy atom. The van der Waals surface area contributed by atoms with Crippen molar-refractivity contribution in [2.24, 2.45) is 5.92 Å². The fourth-order valence-corrected chi connectivity index (χ4v) is 3.46. The van der Waals surface area contributed by atoms with Crippen LogP contribution in [0.3, 0.4) is 0 Å². The second-order valence-corrected chi connectivity index (χ2v) is 8.16. The summed E-state index contributed by atoms with van der Waals surface area (Å²) in [5, 5.41) is 11.6. The minimum absolute atomic E-state index is 0.0568. The molecular weight excluding hydrogens is 344 g/mol. The zero-order valence-corrected chi connectivity index (χ0v) is 15.8. The molecule has 0 radical (unpaired) electrons. The zero-order valence-electron chi connectivity index (χ0n) is 14.9. The highest BCUT2D eigenvalue weighted by Gasteiger charge is 2.22. The van der Waals surface area contributed by atoms with Crippen LogP contribution in [0.15, 0.2) is 29.2 Å². The van der Waals surface area contributed by atoms with Crippen molar-refractivity contribution in [1.29, 1.82) is 0 Å². The number of rotatable bonds is 9. The molecule has 3 N–H and O–H groups in total. The maximum absolute atomic E-state index is 12.2. The summed E-state index contributed by atoms with van der Waals surface area (Å²) in [6, 6.07) is 4.22. The first-order valence-electron chi connectivity index (χ1n) is 8.22. The Morgan fingerprint density at radius 1 is 1.12 bits per heavy atom. The lowest BCUT2D eigenvalue weighted by Crippen LogP contribution is -2.41. The molecule has 1 aromatic carbocycles. The number of carbonyl (C=O) groups is 2. The number of sulfonamides is 1. The lowest BCUT2D eigenvalue weighted by molar-refractivity contribution is -0.139. The summed E-state index contributed by atoms with van der Waals surface area (Å²) in [5.41, 5.74) is 0.206. The molecule has 0 saturated heterocycles. The first-order chi connectivity index (χ1) is 11.6. The number of amides is 1. The maximum Gasteiger partial charge on any atom is 0.326 e. The molecular formula is C17H26N2O5S. The van der Waals surface area contributed by atoms with Crippen molar-refractivity contribution in [3.05, 3.63) is 29.8 Å². The predicted octanol–water partition coefficient (Wildman–Crippen LogP) is 1.99. The Kier molecular flexibility index (Phi) is 7.57. The Balaban J connectivity index is 2.88. The van der Waals surface area contributed by atoms with Crippen LogP contribution < -0.4 is 10.0 Å². The summed E-state index contributed by atoms with van der Waals surface area (Å²) < 4.78 is 26.9. The molecule has 0 aliphatic carbocycles. The third-order valence-electron chi connectivity index (χ3n) is 3.71. The van der Waals surface area contributed by atoms with Crippen molar-refractivity contribution >= 4 is 21.9 Å². The zero-order chi connectivity index (χ0) is 19.2. The van der Waals surface area contributed by atoms with Crippen LogP contribution in [-0.4, -0.2) is 37.5 Å². The fourth-order valence-electron chi connectivity index (χ4n) is 2.14. The second-order valence-electron chi connectivity index (χ2n) is 6.45. The van der Waals surface area contributed by atoms with E-state index in [2.05, 4.69) is 10.0 Å². The molecule has 0 spiro atoms. The molecule has 140 valence electrons. The van der Waals surface area contributed by atoms with E-state index in [0.29, 0.717) is 12.8 Å². The average Bonchev–Trinajstić information content (AvgIpc) is 2.53. The predicted molar refractivity (Wildman–Crippen MR) is 94.9 cm³/mol. The van der Waals surface area contributed by atoms with Crippen LogP contribution in [0.1, 0.15) is 50.9 Å². The number of nitrogens with one attached hydrogen (secondary N) is 2. The Morgan fingerprint density at radius 3 is 2.12 bits per heavy atom. The minimum Gasteiger partial charge on any atom is -0.480 e. The Bertz CT molecular complexity index is 698. The highest BCUT2D eigenvalue weighted by molar-refractivity contribution is 7.89. The number of carboxylic acid groups (broad SMARTS) is 1. The minimum atomic E-state index is -3.64. The monoisotopic (exact) mass is 370 g/mol. The van der Waals surface area contributed by atoms with Gasteiger partial charge < -0.3 is 10.4 Å². The van der Waals surface area contributed by atoms with Gasteiger partial charge >= 0.3 is 5.97 Å². The third kappa shape index (κ3) is 6.47. The molecule has 0 fully saturated rings. The van der Waals surface area contributed by atoms with Gasteiger partial charge in [-0.2, -0.15) is 0 Å². The van der Waals surface area contributed by atoms with E-state index < -0.39 is 27.9 Å². The van der Waals surface area contributed by atoms with Gasteiger partial charge in [-0.1, -0.05) is 20.8 Å². The molecule has 8 heteroatoms. The van der Waals surface area contributed by atoms with Gasteiger partial charge in [0.2, 0.25) is 10.0 Å². The lowest BCUT2D eigenvalue weighted by Gasteiger charge is -2.16. The first-order valence-corrected chi connectivity index (χ1v) is 9.71. The Hall–Kier alpha value is -1.93. The van der Waals surface area contributed by atoms with Gasteiger partial charge in [-0.05, 0) is 49.9 Å². The van der Waals surface area contributed by atoms with Crippen LogP contribution in [0, 0.1) is 5.92 Å². The van der Waals surface area contributed by atoms with E-state index in [1.807, 2.05) is 20.8 Å². The largest absolute Gasteiger partial charge is 0.480 e. The van der Waals surface area contributed by atoms with Gasteiger partial charge in [-0.15, -0.1) is 0 Å². The van der Waals surface area contributed by atoms with Crippen LogP contribution in [-0.2, 0) is 14.8 Å². The number of carboxylic acids is 1. The van der Waals surface area contributed by atoms with Gasteiger partial charge in [0, 0.05) is 11.6 Å². The molecule has 1 rings (SSSR count). The van der Waals surface area contributed by atoms with Gasteiger partial charge in [-0.3, -0.25) is 4.79 Å². The number of benzene rings is 1. The quantitative estimate of drug-likeness (QED) is 0.615. The molecule has 7 nitrogen and oxygen atoms in total. The van der Waals surface area contributed by atoms with Crippen molar-refractivity contribution in [3.63, 3.8) is 0 Å². The molecule has 0 heterocycles. The van der Waals surface area contributed by atoms with Crippen LogP contribution in [0.25, 0.3) is 0 Å². The van der Waals surface area contributed by atoms with Crippen LogP contribution in [0.5, 0.6) is 0 Å². The van der Waals surface area contributed by atoms with Crippen molar-refractivity contribution < 1.29 is 23.1 Å². The molecule has 0 aliphatic rings. The average molecular weight is 370 g/mol. The summed E-state index contributed by atoms with van der Waals surface area (Å²) in [4.78, 5) is 23.5. The Labute approximate surface area is 148 Å². The van der Waals surface area contributed by atoms with Crippen molar-refractivity contribution in [3.8, 4) is 0 Å².